The van der Waals surface area contributed by atoms with E-state index in [4.69, 9.17) is 0 Å². The van der Waals surface area contributed by atoms with Crippen LogP contribution in [0.15, 0.2) is 49.1 Å². The number of imidazole rings is 1. The zero-order valence-corrected chi connectivity index (χ0v) is 16.4. The van der Waals surface area contributed by atoms with Crippen molar-refractivity contribution in [2.45, 2.75) is 32.7 Å². The monoisotopic (exact) mass is 371 g/mol. The van der Waals surface area contributed by atoms with Crippen LogP contribution in [-0.4, -0.2) is 37.9 Å². The summed E-state index contributed by atoms with van der Waals surface area (Å²) in [6.07, 6.45) is 7.01. The van der Waals surface area contributed by atoms with Crippen molar-refractivity contribution in [3.05, 3.63) is 71.6 Å². The fourth-order valence-corrected chi connectivity index (χ4v) is 4.37. The number of para-hydroxylation sites is 1. The average molecular weight is 371 g/mol. The van der Waals surface area contributed by atoms with E-state index in [-0.39, 0.29) is 0 Å². The summed E-state index contributed by atoms with van der Waals surface area (Å²) in [5.41, 5.74) is 8.41. The number of nitrogens with zero attached hydrogens (tertiary/aromatic N) is 3. The number of aryl methyl sites for hydroxylation is 2. The van der Waals surface area contributed by atoms with Crippen LogP contribution in [0.25, 0.3) is 22.2 Å². The molecule has 0 spiro atoms. The van der Waals surface area contributed by atoms with Crippen molar-refractivity contribution in [3.8, 4) is 11.3 Å². The Kier molecular flexibility index (Phi) is 4.24. The molecule has 1 aliphatic rings. The summed E-state index contributed by atoms with van der Waals surface area (Å²) < 4.78 is 0. The molecular weight excluding hydrogens is 346 g/mol. The largest absolute Gasteiger partial charge is 0.360 e. The van der Waals surface area contributed by atoms with E-state index in [1.807, 2.05) is 6.20 Å². The number of nitrogens with one attached hydrogen (secondary N) is 2. The van der Waals surface area contributed by atoms with E-state index in [9.17, 15) is 0 Å². The van der Waals surface area contributed by atoms with Gasteiger partial charge in [0.2, 0.25) is 0 Å². The summed E-state index contributed by atoms with van der Waals surface area (Å²) in [7, 11) is 0. The summed E-state index contributed by atoms with van der Waals surface area (Å²) in [6, 6.07) is 10.9. The van der Waals surface area contributed by atoms with Crippen LogP contribution in [0.1, 0.15) is 34.9 Å². The Bertz CT molecular complexity index is 1120. The molecule has 1 aliphatic heterocycles. The Hall–Kier alpha value is -2.92. The lowest BCUT2D eigenvalue weighted by atomic mass is 9.97. The van der Waals surface area contributed by atoms with Gasteiger partial charge in [-0.2, -0.15) is 0 Å². The average Bonchev–Trinajstić information content (AvgIpc) is 3.43. The number of likely N-dealkylation sites (tertiary alicyclic amines) is 1. The summed E-state index contributed by atoms with van der Waals surface area (Å²) in [4.78, 5) is 18.2. The maximum absolute atomic E-state index is 4.68. The summed E-state index contributed by atoms with van der Waals surface area (Å²) in [5.74, 6) is 0.549. The molecule has 5 rings (SSSR count). The lowest BCUT2D eigenvalue weighted by Gasteiger charge is -2.15. The summed E-state index contributed by atoms with van der Waals surface area (Å²) in [6.45, 7) is 7.34. The number of hydrogen-bond acceptors (Lipinski definition) is 3. The molecule has 142 valence electrons. The van der Waals surface area contributed by atoms with Gasteiger partial charge in [-0.25, -0.2) is 4.98 Å². The minimum absolute atomic E-state index is 0.549. The van der Waals surface area contributed by atoms with E-state index in [1.165, 1.54) is 39.7 Å². The quantitative estimate of drug-likeness (QED) is 0.553. The fourth-order valence-electron chi connectivity index (χ4n) is 4.37. The number of aromatic nitrogens is 4. The number of aromatic amines is 2. The SMILES string of the molecule is Cc1[nH]cnc1CN1CCC(c2ccnc(-c3c[nH]c4c(C)cccc34)c2)C1. The molecule has 1 aromatic carbocycles. The molecule has 5 nitrogen and oxygen atoms in total. The van der Waals surface area contributed by atoms with Gasteiger partial charge in [0.15, 0.2) is 0 Å². The number of H-pyrrole nitrogens is 2. The molecule has 28 heavy (non-hydrogen) atoms. The van der Waals surface area contributed by atoms with E-state index in [1.54, 1.807) is 6.33 Å². The van der Waals surface area contributed by atoms with E-state index in [0.29, 0.717) is 5.92 Å². The zero-order chi connectivity index (χ0) is 19.1. The highest BCUT2D eigenvalue weighted by molar-refractivity contribution is 5.96. The van der Waals surface area contributed by atoms with Gasteiger partial charge in [0.05, 0.1) is 17.7 Å². The Morgan fingerprint density at radius 1 is 1.14 bits per heavy atom. The van der Waals surface area contributed by atoms with Crippen LogP contribution in [0.5, 0.6) is 0 Å². The zero-order valence-electron chi connectivity index (χ0n) is 16.4. The Balaban J connectivity index is 1.39. The second-order valence-electron chi connectivity index (χ2n) is 7.87. The molecular formula is C23H25N5. The molecule has 4 heterocycles. The minimum atomic E-state index is 0.549. The normalized spacial score (nSPS) is 17.6. The Morgan fingerprint density at radius 3 is 2.93 bits per heavy atom. The molecule has 0 radical (unpaired) electrons. The molecule has 2 N–H and O–H groups in total. The highest BCUT2D eigenvalue weighted by Crippen LogP contribution is 2.33. The second kappa shape index (κ2) is 6.91. The van der Waals surface area contributed by atoms with Gasteiger partial charge in [-0.3, -0.25) is 9.88 Å². The van der Waals surface area contributed by atoms with Gasteiger partial charge in [0.25, 0.3) is 0 Å². The molecule has 1 saturated heterocycles. The predicted molar refractivity (Wildman–Crippen MR) is 112 cm³/mol. The third kappa shape index (κ3) is 3.02. The highest BCUT2D eigenvalue weighted by Gasteiger charge is 2.25. The number of hydrogen-bond donors (Lipinski definition) is 2. The maximum atomic E-state index is 4.68. The first kappa shape index (κ1) is 17.2. The summed E-state index contributed by atoms with van der Waals surface area (Å²) in [5, 5.41) is 1.24. The number of pyridine rings is 1. The van der Waals surface area contributed by atoms with Crippen LogP contribution in [0, 0.1) is 13.8 Å². The topological polar surface area (TPSA) is 60.6 Å². The van der Waals surface area contributed by atoms with Crippen LogP contribution in [-0.2, 0) is 6.54 Å². The molecule has 1 fully saturated rings. The number of fused-ring (bicyclic) bond motifs is 1. The molecule has 0 aliphatic carbocycles. The Labute approximate surface area is 164 Å². The molecule has 4 aromatic rings. The van der Waals surface area contributed by atoms with Gasteiger partial charge in [0, 0.05) is 47.6 Å². The Morgan fingerprint density at radius 2 is 2.07 bits per heavy atom. The smallest absolute Gasteiger partial charge is 0.0925 e. The van der Waals surface area contributed by atoms with E-state index in [0.717, 1.165) is 31.0 Å². The van der Waals surface area contributed by atoms with Crippen molar-refractivity contribution in [2.24, 2.45) is 0 Å². The predicted octanol–water partition coefficient (Wildman–Crippen LogP) is 4.56. The van der Waals surface area contributed by atoms with Gasteiger partial charge in [0.1, 0.15) is 0 Å². The third-order valence-electron chi connectivity index (χ3n) is 6.04. The molecule has 5 heteroatoms. The lowest BCUT2D eigenvalue weighted by molar-refractivity contribution is 0.322. The van der Waals surface area contributed by atoms with Gasteiger partial charge >= 0.3 is 0 Å². The number of benzene rings is 1. The first-order valence-electron chi connectivity index (χ1n) is 9.93. The van der Waals surface area contributed by atoms with Crippen LogP contribution < -0.4 is 0 Å². The molecule has 1 unspecified atom stereocenters. The maximum Gasteiger partial charge on any atom is 0.0925 e. The van der Waals surface area contributed by atoms with Crippen molar-refractivity contribution in [1.29, 1.82) is 0 Å². The first-order valence-corrected chi connectivity index (χ1v) is 9.93. The molecule has 0 bridgehead atoms. The van der Waals surface area contributed by atoms with Crippen LogP contribution in [0.4, 0.5) is 0 Å². The van der Waals surface area contributed by atoms with Crippen molar-refractivity contribution in [1.82, 2.24) is 24.8 Å². The van der Waals surface area contributed by atoms with E-state index >= 15 is 0 Å². The van der Waals surface area contributed by atoms with E-state index in [2.05, 4.69) is 75.2 Å². The molecule has 1 atom stereocenters. The standard InChI is InChI=1S/C23H25N5/c1-15-4-3-5-19-20(11-25-23(15)19)21-10-17(6-8-24-21)18-7-9-28(12-18)13-22-16(2)26-14-27-22/h3-6,8,10-11,14,18,25H,7,9,12-13H2,1-2H3,(H,26,27). The summed E-state index contributed by atoms with van der Waals surface area (Å²) >= 11 is 0. The van der Waals surface area contributed by atoms with Crippen LogP contribution in [0.2, 0.25) is 0 Å². The first-order chi connectivity index (χ1) is 13.7. The van der Waals surface area contributed by atoms with Gasteiger partial charge < -0.3 is 9.97 Å². The van der Waals surface area contributed by atoms with Crippen molar-refractivity contribution in [2.75, 3.05) is 13.1 Å². The number of rotatable bonds is 4. The minimum Gasteiger partial charge on any atom is -0.360 e. The molecule has 3 aromatic heterocycles. The van der Waals surface area contributed by atoms with Crippen molar-refractivity contribution in [3.63, 3.8) is 0 Å². The highest BCUT2D eigenvalue weighted by atomic mass is 15.2. The van der Waals surface area contributed by atoms with E-state index < -0.39 is 0 Å². The second-order valence-corrected chi connectivity index (χ2v) is 7.87. The van der Waals surface area contributed by atoms with Gasteiger partial charge in [-0.05, 0) is 56.0 Å². The molecule has 0 saturated carbocycles. The third-order valence-corrected chi connectivity index (χ3v) is 6.04. The van der Waals surface area contributed by atoms with Gasteiger partial charge in [-0.15, -0.1) is 0 Å². The van der Waals surface area contributed by atoms with Crippen molar-refractivity contribution < 1.29 is 0 Å². The van der Waals surface area contributed by atoms with Crippen LogP contribution in [0.3, 0.4) is 0 Å². The lowest BCUT2D eigenvalue weighted by Crippen LogP contribution is -2.20. The molecule has 0 amide bonds. The van der Waals surface area contributed by atoms with Gasteiger partial charge in [-0.1, -0.05) is 18.2 Å². The van der Waals surface area contributed by atoms with Crippen LogP contribution >= 0.6 is 0 Å². The fraction of sp³-hybridized carbons (Fsp3) is 0.304. The van der Waals surface area contributed by atoms with Crippen molar-refractivity contribution >= 4 is 10.9 Å².